The van der Waals surface area contributed by atoms with E-state index in [-0.39, 0.29) is 18.5 Å². The largest absolute Gasteiger partial charge is 0.484 e. The first-order valence-electron chi connectivity index (χ1n) is 9.15. The van der Waals surface area contributed by atoms with E-state index in [4.69, 9.17) is 4.74 Å². The summed E-state index contributed by atoms with van der Waals surface area (Å²) in [4.78, 5) is 25.5. The van der Waals surface area contributed by atoms with Crippen molar-refractivity contribution >= 4 is 11.9 Å². The maximum atomic E-state index is 12.4. The molecule has 0 aliphatic carbocycles. The summed E-state index contributed by atoms with van der Waals surface area (Å²) in [5, 5.41) is 5.48. The number of ether oxygens (including phenoxy) is 1. The van der Waals surface area contributed by atoms with Crippen molar-refractivity contribution in [3.8, 4) is 5.75 Å². The summed E-state index contributed by atoms with van der Waals surface area (Å²) in [6.07, 6.45) is 0.995. The van der Waals surface area contributed by atoms with E-state index in [1.165, 1.54) is 5.56 Å². The number of nitrogens with zero attached hydrogens (tertiary/aromatic N) is 1. The molecule has 27 heavy (non-hydrogen) atoms. The highest BCUT2D eigenvalue weighted by Crippen LogP contribution is 2.26. The number of rotatable bonds is 6. The molecule has 0 spiro atoms. The summed E-state index contributed by atoms with van der Waals surface area (Å²) < 4.78 is 5.37. The van der Waals surface area contributed by atoms with Crippen molar-refractivity contribution < 1.29 is 14.3 Å². The van der Waals surface area contributed by atoms with E-state index in [1.54, 1.807) is 19.2 Å². The Balaban J connectivity index is 1.44. The van der Waals surface area contributed by atoms with Gasteiger partial charge in [0.25, 0.3) is 5.91 Å². The fourth-order valence-electron chi connectivity index (χ4n) is 3.16. The van der Waals surface area contributed by atoms with Gasteiger partial charge >= 0.3 is 6.03 Å². The van der Waals surface area contributed by atoms with Crippen molar-refractivity contribution in [2.75, 3.05) is 26.7 Å². The predicted molar refractivity (Wildman–Crippen MR) is 104 cm³/mol. The monoisotopic (exact) mass is 367 g/mol. The second kappa shape index (κ2) is 9.07. The van der Waals surface area contributed by atoms with Crippen LogP contribution < -0.4 is 15.4 Å². The van der Waals surface area contributed by atoms with E-state index in [2.05, 4.69) is 22.8 Å². The molecule has 6 nitrogen and oxygen atoms in total. The summed E-state index contributed by atoms with van der Waals surface area (Å²) in [5.41, 5.74) is 2.27. The minimum Gasteiger partial charge on any atom is -0.484 e. The van der Waals surface area contributed by atoms with Gasteiger partial charge in [-0.15, -0.1) is 0 Å². The highest BCUT2D eigenvalue weighted by Gasteiger charge is 2.26. The first-order valence-corrected chi connectivity index (χ1v) is 9.15. The van der Waals surface area contributed by atoms with Gasteiger partial charge in [0.1, 0.15) is 5.75 Å². The molecule has 0 bridgehead atoms. The number of urea groups is 1. The number of likely N-dealkylation sites (N-methyl/N-ethyl adjacent to an activating group) is 1. The van der Waals surface area contributed by atoms with E-state index >= 15 is 0 Å². The van der Waals surface area contributed by atoms with Gasteiger partial charge in [-0.3, -0.25) is 4.79 Å². The zero-order valence-electron chi connectivity index (χ0n) is 15.5. The van der Waals surface area contributed by atoms with Crippen molar-refractivity contribution in [1.82, 2.24) is 15.5 Å². The standard InChI is InChI=1S/C21H25N3O3/c1-22-20(25)15-27-19-9-7-16(8-10-19)13-23-21(26)24-12-11-18(14-24)17-5-3-2-4-6-17/h2-10,18H,11-15H2,1H3,(H,22,25)(H,23,26)/t18-/m1/s1. The third-order valence-electron chi connectivity index (χ3n) is 4.76. The normalized spacial score (nSPS) is 16.0. The Morgan fingerprint density at radius 3 is 2.56 bits per heavy atom. The molecule has 3 amide bonds. The number of carbonyl (C=O) groups is 2. The van der Waals surface area contributed by atoms with E-state index in [1.807, 2.05) is 35.2 Å². The molecule has 1 saturated heterocycles. The maximum absolute atomic E-state index is 12.4. The maximum Gasteiger partial charge on any atom is 0.317 e. The van der Waals surface area contributed by atoms with Gasteiger partial charge in [-0.05, 0) is 29.7 Å². The topological polar surface area (TPSA) is 70.7 Å². The third-order valence-corrected chi connectivity index (χ3v) is 4.76. The zero-order chi connectivity index (χ0) is 19.1. The minimum absolute atomic E-state index is 0.00980. The fraction of sp³-hybridized carbons (Fsp3) is 0.333. The summed E-state index contributed by atoms with van der Waals surface area (Å²) in [6, 6.07) is 17.7. The Morgan fingerprint density at radius 2 is 1.85 bits per heavy atom. The van der Waals surface area contributed by atoms with Gasteiger partial charge in [0.2, 0.25) is 0 Å². The lowest BCUT2D eigenvalue weighted by Gasteiger charge is -2.17. The van der Waals surface area contributed by atoms with E-state index < -0.39 is 0 Å². The second-order valence-corrected chi connectivity index (χ2v) is 6.61. The van der Waals surface area contributed by atoms with Crippen molar-refractivity contribution in [3.05, 3.63) is 65.7 Å². The smallest absolute Gasteiger partial charge is 0.317 e. The summed E-state index contributed by atoms with van der Waals surface area (Å²) in [5.74, 6) is 0.860. The summed E-state index contributed by atoms with van der Waals surface area (Å²) in [6.45, 7) is 1.98. The lowest BCUT2D eigenvalue weighted by atomic mass is 9.99. The third kappa shape index (κ3) is 5.23. The van der Waals surface area contributed by atoms with Gasteiger partial charge in [0, 0.05) is 32.6 Å². The Morgan fingerprint density at radius 1 is 1.11 bits per heavy atom. The van der Waals surface area contributed by atoms with Gasteiger partial charge in [-0.2, -0.15) is 0 Å². The SMILES string of the molecule is CNC(=O)COc1ccc(CNC(=O)N2CC[C@@H](c3ccccc3)C2)cc1. The molecular formula is C21H25N3O3. The Bertz CT molecular complexity index is 762. The number of benzene rings is 2. The van der Waals surface area contributed by atoms with Crippen LogP contribution in [0.2, 0.25) is 0 Å². The average molecular weight is 367 g/mol. The van der Waals surface area contributed by atoms with Crippen LogP contribution in [0.25, 0.3) is 0 Å². The molecule has 2 N–H and O–H groups in total. The van der Waals surface area contributed by atoms with Crippen LogP contribution in [0.1, 0.15) is 23.5 Å². The van der Waals surface area contributed by atoms with Gasteiger partial charge in [0.05, 0.1) is 0 Å². The molecule has 2 aromatic rings. The first kappa shape index (κ1) is 18.8. The molecule has 0 aromatic heterocycles. The van der Waals surface area contributed by atoms with Crippen LogP contribution in [-0.2, 0) is 11.3 Å². The predicted octanol–water partition coefficient (Wildman–Crippen LogP) is 2.51. The van der Waals surface area contributed by atoms with E-state index in [0.717, 1.165) is 25.1 Å². The molecule has 3 rings (SSSR count). The van der Waals surface area contributed by atoms with Gasteiger partial charge in [0.15, 0.2) is 6.61 Å². The number of likely N-dealkylation sites (tertiary alicyclic amines) is 1. The summed E-state index contributed by atoms with van der Waals surface area (Å²) >= 11 is 0. The van der Waals surface area contributed by atoms with E-state index in [9.17, 15) is 9.59 Å². The number of hydrogen-bond acceptors (Lipinski definition) is 3. The zero-order valence-corrected chi connectivity index (χ0v) is 15.5. The first-order chi connectivity index (χ1) is 13.2. The Kier molecular flexibility index (Phi) is 6.30. The van der Waals surface area contributed by atoms with Gasteiger partial charge in [-0.25, -0.2) is 4.79 Å². The number of hydrogen-bond donors (Lipinski definition) is 2. The van der Waals surface area contributed by atoms with Crippen LogP contribution in [0.3, 0.4) is 0 Å². The average Bonchev–Trinajstić information content (AvgIpc) is 3.22. The highest BCUT2D eigenvalue weighted by molar-refractivity contribution is 5.77. The van der Waals surface area contributed by atoms with Crippen molar-refractivity contribution in [3.63, 3.8) is 0 Å². The second-order valence-electron chi connectivity index (χ2n) is 6.61. The Labute approximate surface area is 159 Å². The highest BCUT2D eigenvalue weighted by atomic mass is 16.5. The van der Waals surface area contributed by atoms with Crippen LogP contribution in [0.5, 0.6) is 5.75 Å². The number of carbonyl (C=O) groups excluding carboxylic acids is 2. The molecule has 142 valence electrons. The molecule has 1 aliphatic rings. The molecule has 6 heteroatoms. The van der Waals surface area contributed by atoms with E-state index in [0.29, 0.717) is 18.2 Å². The Hall–Kier alpha value is -3.02. The molecule has 0 radical (unpaired) electrons. The molecule has 1 atom stereocenters. The molecule has 2 aromatic carbocycles. The van der Waals surface area contributed by atoms with Gasteiger partial charge < -0.3 is 20.3 Å². The van der Waals surface area contributed by atoms with Crippen molar-refractivity contribution in [1.29, 1.82) is 0 Å². The molecule has 1 fully saturated rings. The minimum atomic E-state index is -0.175. The lowest BCUT2D eigenvalue weighted by Crippen LogP contribution is -2.37. The molecular weight excluding hydrogens is 342 g/mol. The molecule has 0 unspecified atom stereocenters. The summed E-state index contributed by atoms with van der Waals surface area (Å²) in [7, 11) is 1.57. The van der Waals surface area contributed by atoms with Crippen LogP contribution in [-0.4, -0.2) is 43.6 Å². The molecule has 1 aliphatic heterocycles. The molecule has 0 saturated carbocycles. The fourth-order valence-corrected chi connectivity index (χ4v) is 3.16. The van der Waals surface area contributed by atoms with Crippen molar-refractivity contribution in [2.45, 2.75) is 18.9 Å². The van der Waals surface area contributed by atoms with Crippen LogP contribution in [0, 0.1) is 0 Å². The lowest BCUT2D eigenvalue weighted by molar-refractivity contribution is -0.122. The van der Waals surface area contributed by atoms with Crippen LogP contribution >= 0.6 is 0 Å². The van der Waals surface area contributed by atoms with Crippen LogP contribution in [0.15, 0.2) is 54.6 Å². The molecule has 1 heterocycles. The van der Waals surface area contributed by atoms with Gasteiger partial charge in [-0.1, -0.05) is 42.5 Å². The quantitative estimate of drug-likeness (QED) is 0.824. The number of amides is 3. The van der Waals surface area contributed by atoms with Crippen LogP contribution in [0.4, 0.5) is 4.79 Å². The van der Waals surface area contributed by atoms with Crippen molar-refractivity contribution in [2.24, 2.45) is 0 Å². The number of nitrogens with one attached hydrogen (secondary N) is 2.